The Morgan fingerprint density at radius 2 is 1.81 bits per heavy atom. The minimum atomic E-state index is 0.301. The summed E-state index contributed by atoms with van der Waals surface area (Å²) in [5, 5.41) is 3.49. The van der Waals surface area contributed by atoms with Gasteiger partial charge < -0.3 is 19.7 Å². The molecule has 1 unspecified atom stereocenters. The summed E-state index contributed by atoms with van der Waals surface area (Å²) in [4.78, 5) is 2.32. The molecule has 120 valence electrons. The molecule has 0 amide bonds. The minimum Gasteiger partial charge on any atom is -0.383 e. The summed E-state index contributed by atoms with van der Waals surface area (Å²) in [6.45, 7) is 8.38. The Bertz CT molecular complexity index is 407. The van der Waals surface area contributed by atoms with E-state index in [1.54, 1.807) is 14.2 Å². The first-order chi connectivity index (χ1) is 10.1. The van der Waals surface area contributed by atoms with Crippen molar-refractivity contribution in [2.45, 2.75) is 19.9 Å². The van der Waals surface area contributed by atoms with Crippen molar-refractivity contribution in [1.82, 2.24) is 5.32 Å². The molecule has 1 aromatic carbocycles. The maximum Gasteiger partial charge on any atom is 0.0637 e. The minimum absolute atomic E-state index is 0.301. The highest BCUT2D eigenvalue weighted by Gasteiger charge is 2.15. The van der Waals surface area contributed by atoms with E-state index in [1.165, 1.54) is 11.3 Å². The molecule has 0 saturated heterocycles. The molecule has 0 aliphatic heterocycles. The molecule has 5 heteroatoms. The molecular formula is C16H27BrN2O2. The lowest BCUT2D eigenvalue weighted by Crippen LogP contribution is -2.32. The van der Waals surface area contributed by atoms with E-state index in [4.69, 9.17) is 9.47 Å². The molecule has 0 fully saturated rings. The third kappa shape index (κ3) is 5.94. The number of nitrogens with one attached hydrogen (secondary N) is 1. The number of ether oxygens (including phenoxy) is 2. The second-order valence-corrected chi connectivity index (χ2v) is 5.87. The van der Waals surface area contributed by atoms with Crippen molar-refractivity contribution in [1.29, 1.82) is 0 Å². The van der Waals surface area contributed by atoms with Crippen LogP contribution in [0.2, 0.25) is 0 Å². The van der Waals surface area contributed by atoms with Crippen LogP contribution in [0.3, 0.4) is 0 Å². The Morgan fingerprint density at radius 3 is 2.33 bits per heavy atom. The van der Waals surface area contributed by atoms with Crippen LogP contribution in [0, 0.1) is 0 Å². The maximum atomic E-state index is 5.24. The van der Waals surface area contributed by atoms with E-state index in [-0.39, 0.29) is 0 Å². The van der Waals surface area contributed by atoms with Crippen molar-refractivity contribution >= 4 is 21.6 Å². The highest BCUT2D eigenvalue weighted by atomic mass is 79.9. The molecule has 0 aliphatic carbocycles. The van der Waals surface area contributed by atoms with Crippen molar-refractivity contribution in [3.63, 3.8) is 0 Å². The van der Waals surface area contributed by atoms with Crippen LogP contribution >= 0.6 is 15.9 Å². The number of methoxy groups -OCH3 is 2. The molecule has 1 rings (SSSR count). The highest BCUT2D eigenvalue weighted by Crippen LogP contribution is 2.29. The molecule has 0 heterocycles. The second kappa shape index (κ2) is 10.2. The van der Waals surface area contributed by atoms with Crippen LogP contribution in [-0.4, -0.2) is 47.1 Å². The number of rotatable bonds is 10. The monoisotopic (exact) mass is 358 g/mol. The molecule has 1 atom stereocenters. The number of hydrogen-bond donors (Lipinski definition) is 1. The predicted octanol–water partition coefficient (Wildman–Crippen LogP) is 3.22. The summed E-state index contributed by atoms with van der Waals surface area (Å²) < 4.78 is 11.6. The zero-order valence-electron chi connectivity index (χ0n) is 13.5. The van der Waals surface area contributed by atoms with E-state index in [0.717, 1.165) is 24.1 Å². The molecule has 4 nitrogen and oxygen atoms in total. The summed E-state index contributed by atoms with van der Waals surface area (Å²) in [5.74, 6) is 0. The molecule has 1 N–H and O–H groups in total. The lowest BCUT2D eigenvalue weighted by Gasteiger charge is -2.29. The fraction of sp³-hybridized carbons (Fsp3) is 0.625. The summed E-state index contributed by atoms with van der Waals surface area (Å²) in [6.07, 6.45) is 0. The first-order valence-electron chi connectivity index (χ1n) is 7.39. The van der Waals surface area contributed by atoms with Gasteiger partial charge in [0.05, 0.1) is 13.2 Å². The molecular weight excluding hydrogens is 332 g/mol. The van der Waals surface area contributed by atoms with Gasteiger partial charge in [-0.05, 0) is 37.2 Å². The van der Waals surface area contributed by atoms with Gasteiger partial charge >= 0.3 is 0 Å². The number of anilines is 1. The fourth-order valence-corrected chi connectivity index (χ4v) is 2.71. The molecule has 0 aliphatic rings. The molecule has 0 spiro atoms. The Hall–Kier alpha value is -0.620. The quantitative estimate of drug-likeness (QED) is 0.696. The number of nitrogens with zero attached hydrogens (tertiary/aromatic N) is 1. The molecule has 0 bridgehead atoms. The highest BCUT2D eigenvalue weighted by molar-refractivity contribution is 9.10. The van der Waals surface area contributed by atoms with Crippen LogP contribution in [0.1, 0.15) is 25.5 Å². The lowest BCUT2D eigenvalue weighted by atomic mass is 10.0. The first-order valence-corrected chi connectivity index (χ1v) is 8.19. The molecule has 0 radical (unpaired) electrons. The predicted molar refractivity (Wildman–Crippen MR) is 92.2 cm³/mol. The number of hydrogen-bond acceptors (Lipinski definition) is 4. The van der Waals surface area contributed by atoms with Crippen molar-refractivity contribution in [2.75, 3.05) is 52.0 Å². The largest absolute Gasteiger partial charge is 0.383 e. The van der Waals surface area contributed by atoms with E-state index in [2.05, 4.69) is 58.2 Å². The van der Waals surface area contributed by atoms with Crippen molar-refractivity contribution in [3.8, 4) is 0 Å². The van der Waals surface area contributed by atoms with E-state index in [0.29, 0.717) is 19.3 Å². The summed E-state index contributed by atoms with van der Waals surface area (Å²) in [7, 11) is 3.47. The number of halogens is 1. The van der Waals surface area contributed by atoms with Crippen LogP contribution in [0.25, 0.3) is 0 Å². The van der Waals surface area contributed by atoms with Gasteiger partial charge in [-0.3, -0.25) is 0 Å². The van der Waals surface area contributed by atoms with E-state index >= 15 is 0 Å². The first kappa shape index (κ1) is 18.4. The Kier molecular flexibility index (Phi) is 8.92. The second-order valence-electron chi connectivity index (χ2n) is 4.96. The van der Waals surface area contributed by atoms with Crippen LogP contribution in [0.4, 0.5) is 5.69 Å². The van der Waals surface area contributed by atoms with Crippen molar-refractivity contribution in [3.05, 3.63) is 28.2 Å². The third-order valence-corrected chi connectivity index (χ3v) is 3.93. The standard InChI is InChI=1S/C16H27BrN2O2/c1-5-18-13(2)15-12-14(17)6-7-16(15)19(8-10-20-3)9-11-21-4/h6-7,12-13,18H,5,8-11H2,1-4H3. The Labute approximate surface area is 136 Å². The van der Waals surface area contributed by atoms with Gasteiger partial charge in [-0.25, -0.2) is 0 Å². The Morgan fingerprint density at radius 1 is 1.19 bits per heavy atom. The third-order valence-electron chi connectivity index (χ3n) is 3.44. The van der Waals surface area contributed by atoms with Gasteiger partial charge in [0.1, 0.15) is 0 Å². The van der Waals surface area contributed by atoms with Crippen LogP contribution in [0.5, 0.6) is 0 Å². The van der Waals surface area contributed by atoms with E-state index in [9.17, 15) is 0 Å². The van der Waals surface area contributed by atoms with Gasteiger partial charge in [0.15, 0.2) is 0 Å². The van der Waals surface area contributed by atoms with Crippen molar-refractivity contribution in [2.24, 2.45) is 0 Å². The normalized spacial score (nSPS) is 12.4. The molecule has 0 aromatic heterocycles. The summed E-state index contributed by atoms with van der Waals surface area (Å²) in [6, 6.07) is 6.74. The number of benzene rings is 1. The van der Waals surface area contributed by atoms with Gasteiger partial charge in [0.2, 0.25) is 0 Å². The van der Waals surface area contributed by atoms with Crippen LogP contribution in [0.15, 0.2) is 22.7 Å². The van der Waals surface area contributed by atoms with Crippen LogP contribution in [-0.2, 0) is 9.47 Å². The van der Waals surface area contributed by atoms with Gasteiger partial charge in [-0.2, -0.15) is 0 Å². The van der Waals surface area contributed by atoms with Crippen LogP contribution < -0.4 is 10.2 Å². The van der Waals surface area contributed by atoms with E-state index in [1.807, 2.05) is 0 Å². The summed E-state index contributed by atoms with van der Waals surface area (Å²) >= 11 is 3.57. The molecule has 0 saturated carbocycles. The average Bonchev–Trinajstić information content (AvgIpc) is 2.48. The zero-order valence-corrected chi connectivity index (χ0v) is 15.1. The smallest absolute Gasteiger partial charge is 0.0637 e. The van der Waals surface area contributed by atoms with Gasteiger partial charge in [0.25, 0.3) is 0 Å². The lowest BCUT2D eigenvalue weighted by molar-refractivity contribution is 0.190. The Balaban J connectivity index is 3.03. The topological polar surface area (TPSA) is 33.7 Å². The fourth-order valence-electron chi connectivity index (χ4n) is 2.33. The average molecular weight is 359 g/mol. The maximum absolute atomic E-state index is 5.24. The molecule has 21 heavy (non-hydrogen) atoms. The van der Waals surface area contributed by atoms with Gasteiger partial charge in [-0.15, -0.1) is 0 Å². The van der Waals surface area contributed by atoms with Gasteiger partial charge in [0, 0.05) is 43.5 Å². The summed E-state index contributed by atoms with van der Waals surface area (Å²) in [5.41, 5.74) is 2.53. The molecule has 1 aromatic rings. The van der Waals surface area contributed by atoms with Crippen molar-refractivity contribution < 1.29 is 9.47 Å². The zero-order chi connectivity index (χ0) is 15.7. The van der Waals surface area contributed by atoms with Gasteiger partial charge in [-0.1, -0.05) is 22.9 Å². The SMILES string of the molecule is CCNC(C)c1cc(Br)ccc1N(CCOC)CCOC. The van der Waals surface area contributed by atoms with E-state index < -0.39 is 0 Å².